The summed E-state index contributed by atoms with van der Waals surface area (Å²) in [6.07, 6.45) is 0. The van der Waals surface area contributed by atoms with E-state index in [9.17, 15) is 4.79 Å². The fraction of sp³-hybridized carbons (Fsp3) is 0.857. The van der Waals surface area contributed by atoms with Crippen LogP contribution in [0, 0.1) is 0 Å². The van der Waals surface area contributed by atoms with E-state index < -0.39 is 0 Å². The lowest BCUT2D eigenvalue weighted by atomic mass is 10.7. The maximum absolute atomic E-state index is 10.1. The Kier molecular flexibility index (Phi) is 10.2. The zero-order valence-corrected chi connectivity index (χ0v) is 7.47. The summed E-state index contributed by atoms with van der Waals surface area (Å²) in [4.78, 5) is 11.6. The third-order valence-corrected chi connectivity index (χ3v) is 0.918. The molecule has 0 aliphatic rings. The first kappa shape index (κ1) is 12.1. The van der Waals surface area contributed by atoms with E-state index in [4.69, 9.17) is 0 Å². The zero-order chi connectivity index (χ0) is 8.57. The average molecular weight is 147 g/mol. The quantitative estimate of drug-likeness (QED) is 0.547. The van der Waals surface area contributed by atoms with Gasteiger partial charge < -0.3 is 9.64 Å². The second-order valence-corrected chi connectivity index (χ2v) is 1.99. The molecule has 0 rings (SSSR count). The van der Waals surface area contributed by atoms with Crippen LogP contribution in [0.25, 0.3) is 0 Å². The summed E-state index contributed by atoms with van der Waals surface area (Å²) < 4.78 is 4.54. The van der Waals surface area contributed by atoms with Gasteiger partial charge in [-0.15, -0.1) is 0 Å². The molecule has 0 aromatic heterocycles. The maximum Gasteiger partial charge on any atom is 0.218 e. The van der Waals surface area contributed by atoms with Gasteiger partial charge in [-0.25, -0.2) is 0 Å². The number of amides is 1. The van der Waals surface area contributed by atoms with Crippen LogP contribution in [0.2, 0.25) is 0 Å². The van der Waals surface area contributed by atoms with Gasteiger partial charge in [0.1, 0.15) is 0 Å². The minimum atomic E-state index is 0.0926. The van der Waals surface area contributed by atoms with E-state index in [1.807, 2.05) is 6.92 Å². The monoisotopic (exact) mass is 147 g/mol. The molecular weight excluding hydrogens is 130 g/mol. The highest BCUT2D eigenvalue weighted by Gasteiger charge is 1.87. The highest BCUT2D eigenvalue weighted by molar-refractivity contribution is 5.72. The molecule has 0 bridgehead atoms. The van der Waals surface area contributed by atoms with Crippen LogP contribution in [0.1, 0.15) is 13.8 Å². The molecule has 0 unspecified atom stereocenters. The van der Waals surface area contributed by atoms with E-state index in [-0.39, 0.29) is 5.91 Å². The van der Waals surface area contributed by atoms with Crippen molar-refractivity contribution in [2.24, 2.45) is 0 Å². The first-order valence-electron chi connectivity index (χ1n) is 3.23. The largest absolute Gasteiger partial charge is 0.385 e. The van der Waals surface area contributed by atoms with Crippen LogP contribution in [-0.4, -0.2) is 38.6 Å². The summed E-state index contributed by atoms with van der Waals surface area (Å²) in [5, 5.41) is 0. The molecule has 0 atom stereocenters. The molecule has 62 valence electrons. The lowest BCUT2D eigenvalue weighted by Gasteiger charge is -2.02. The highest BCUT2D eigenvalue weighted by atomic mass is 16.5. The van der Waals surface area contributed by atoms with Gasteiger partial charge in [0.2, 0.25) is 5.91 Å². The molecule has 1 amide bonds. The molecule has 3 heteroatoms. The van der Waals surface area contributed by atoms with Crippen molar-refractivity contribution in [3.63, 3.8) is 0 Å². The van der Waals surface area contributed by atoms with Crippen LogP contribution in [0.5, 0.6) is 0 Å². The summed E-state index contributed by atoms with van der Waals surface area (Å²) in [5.74, 6) is 0.0926. The van der Waals surface area contributed by atoms with Crippen molar-refractivity contribution in [3.05, 3.63) is 0 Å². The minimum Gasteiger partial charge on any atom is -0.385 e. The van der Waals surface area contributed by atoms with Gasteiger partial charge in [0.25, 0.3) is 0 Å². The SMILES string of the molecule is CC(=O)N(C)C.CCOC. The van der Waals surface area contributed by atoms with Crippen LogP contribution < -0.4 is 0 Å². The number of rotatable bonds is 1. The van der Waals surface area contributed by atoms with Gasteiger partial charge in [-0.2, -0.15) is 0 Å². The minimum absolute atomic E-state index is 0.0926. The summed E-state index contributed by atoms with van der Waals surface area (Å²) in [5.41, 5.74) is 0. The van der Waals surface area contributed by atoms with E-state index in [0.29, 0.717) is 0 Å². The van der Waals surface area contributed by atoms with Gasteiger partial charge in [0, 0.05) is 34.7 Å². The number of methoxy groups -OCH3 is 1. The van der Waals surface area contributed by atoms with Crippen molar-refractivity contribution in [3.8, 4) is 0 Å². The number of hydrogen-bond donors (Lipinski definition) is 0. The molecule has 10 heavy (non-hydrogen) atoms. The molecule has 0 aliphatic carbocycles. The van der Waals surface area contributed by atoms with E-state index in [0.717, 1.165) is 6.61 Å². The molecule has 0 N–H and O–H groups in total. The second-order valence-electron chi connectivity index (χ2n) is 1.99. The highest BCUT2D eigenvalue weighted by Crippen LogP contribution is 1.69. The van der Waals surface area contributed by atoms with E-state index in [2.05, 4.69) is 4.74 Å². The van der Waals surface area contributed by atoms with Gasteiger partial charge in [-0.1, -0.05) is 0 Å². The molecule has 0 spiro atoms. The Morgan fingerprint density at radius 1 is 1.50 bits per heavy atom. The molecule has 3 nitrogen and oxygen atoms in total. The molecule has 0 aliphatic heterocycles. The zero-order valence-electron chi connectivity index (χ0n) is 7.47. The van der Waals surface area contributed by atoms with Crippen molar-refractivity contribution in [2.75, 3.05) is 27.8 Å². The molecule has 0 fully saturated rings. The molecule has 0 aromatic carbocycles. The standard InChI is InChI=1S/C4H9NO.C3H8O/c1-4(6)5(2)3;1-3-4-2/h1-3H3;3H2,1-2H3. The summed E-state index contributed by atoms with van der Waals surface area (Å²) in [6.45, 7) is 4.31. The Hall–Kier alpha value is -0.570. The number of carbonyl (C=O) groups excluding carboxylic acids is 1. The van der Waals surface area contributed by atoms with E-state index >= 15 is 0 Å². The van der Waals surface area contributed by atoms with Crippen LogP contribution in [0.3, 0.4) is 0 Å². The second kappa shape index (κ2) is 8.43. The van der Waals surface area contributed by atoms with Gasteiger partial charge in [-0.05, 0) is 6.92 Å². The predicted octanol–water partition coefficient (Wildman–Crippen LogP) is 0.747. The topological polar surface area (TPSA) is 29.5 Å². The third kappa shape index (κ3) is 15.7. The molecule has 0 heterocycles. The first-order chi connectivity index (χ1) is 4.56. The van der Waals surface area contributed by atoms with Crippen molar-refractivity contribution in [1.82, 2.24) is 4.90 Å². The molecule has 0 saturated heterocycles. The van der Waals surface area contributed by atoms with Gasteiger partial charge in [-0.3, -0.25) is 4.79 Å². The fourth-order valence-corrected chi connectivity index (χ4v) is 0. The Balaban J connectivity index is 0. The first-order valence-corrected chi connectivity index (χ1v) is 3.23. The summed E-state index contributed by atoms with van der Waals surface area (Å²) in [7, 11) is 5.13. The van der Waals surface area contributed by atoms with Crippen LogP contribution >= 0.6 is 0 Å². The molecule has 0 aromatic rings. The summed E-state index contributed by atoms with van der Waals surface area (Å²) in [6, 6.07) is 0. The lowest BCUT2D eigenvalue weighted by molar-refractivity contribution is -0.126. The van der Waals surface area contributed by atoms with Crippen LogP contribution in [0.15, 0.2) is 0 Å². The smallest absolute Gasteiger partial charge is 0.218 e. The number of carbonyl (C=O) groups is 1. The van der Waals surface area contributed by atoms with Gasteiger partial charge in [0.05, 0.1) is 0 Å². The van der Waals surface area contributed by atoms with Crippen molar-refractivity contribution in [1.29, 1.82) is 0 Å². The average Bonchev–Trinajstić information content (AvgIpc) is 1.89. The third-order valence-electron chi connectivity index (χ3n) is 0.918. The molecular formula is C7H17NO2. The van der Waals surface area contributed by atoms with Crippen LogP contribution in [-0.2, 0) is 9.53 Å². The van der Waals surface area contributed by atoms with Crippen molar-refractivity contribution < 1.29 is 9.53 Å². The Bertz CT molecular complexity index is 79.7. The Labute approximate surface area is 63.0 Å². The van der Waals surface area contributed by atoms with E-state index in [1.165, 1.54) is 11.8 Å². The normalized spacial score (nSPS) is 7.70. The van der Waals surface area contributed by atoms with Crippen LogP contribution in [0.4, 0.5) is 0 Å². The number of nitrogens with zero attached hydrogens (tertiary/aromatic N) is 1. The fourth-order valence-electron chi connectivity index (χ4n) is 0. The van der Waals surface area contributed by atoms with Crippen molar-refractivity contribution in [2.45, 2.75) is 13.8 Å². The van der Waals surface area contributed by atoms with Crippen molar-refractivity contribution >= 4 is 5.91 Å². The predicted molar refractivity (Wildman–Crippen MR) is 41.9 cm³/mol. The molecule has 0 radical (unpaired) electrons. The lowest BCUT2D eigenvalue weighted by Crippen LogP contribution is -2.17. The Morgan fingerprint density at radius 3 is 1.70 bits per heavy atom. The number of hydrogen-bond acceptors (Lipinski definition) is 2. The molecule has 0 saturated carbocycles. The van der Waals surface area contributed by atoms with Gasteiger partial charge >= 0.3 is 0 Å². The number of ether oxygens (including phenoxy) is 1. The Morgan fingerprint density at radius 2 is 1.70 bits per heavy atom. The summed E-state index contributed by atoms with van der Waals surface area (Å²) >= 11 is 0. The van der Waals surface area contributed by atoms with E-state index in [1.54, 1.807) is 21.2 Å². The maximum atomic E-state index is 10.1. The van der Waals surface area contributed by atoms with Gasteiger partial charge in [0.15, 0.2) is 0 Å².